The van der Waals surface area contributed by atoms with Gasteiger partial charge in [0.1, 0.15) is 5.82 Å². The highest BCUT2D eigenvalue weighted by Gasteiger charge is 2.21. The summed E-state index contributed by atoms with van der Waals surface area (Å²) in [6, 6.07) is 19.2. The second-order valence-corrected chi connectivity index (χ2v) is 7.27. The van der Waals surface area contributed by atoms with E-state index in [9.17, 15) is 9.18 Å². The van der Waals surface area contributed by atoms with E-state index in [1.165, 1.54) is 12.1 Å². The van der Waals surface area contributed by atoms with Gasteiger partial charge in [0.25, 0.3) is 0 Å². The fraction of sp³-hybridized carbons (Fsp3) is 0.160. The number of aromatic amines is 1. The number of ether oxygens (including phenoxy) is 2. The van der Waals surface area contributed by atoms with E-state index in [4.69, 9.17) is 9.47 Å². The topological polar surface area (TPSA) is 75.4 Å². The van der Waals surface area contributed by atoms with Crippen molar-refractivity contribution in [2.24, 2.45) is 0 Å². The van der Waals surface area contributed by atoms with Gasteiger partial charge in [0, 0.05) is 29.6 Å². The van der Waals surface area contributed by atoms with Crippen LogP contribution in [0.2, 0.25) is 0 Å². The molecule has 4 rings (SSSR count). The first-order valence-electron chi connectivity index (χ1n) is 10.2. The molecule has 3 N–H and O–H groups in total. The number of hydrogen-bond acceptors (Lipinski definition) is 3. The largest absolute Gasteiger partial charge is 0.493 e. The molecule has 0 aliphatic heterocycles. The number of urea groups is 1. The van der Waals surface area contributed by atoms with Crippen LogP contribution in [0.25, 0.3) is 10.9 Å². The summed E-state index contributed by atoms with van der Waals surface area (Å²) >= 11 is 0. The summed E-state index contributed by atoms with van der Waals surface area (Å²) in [6.45, 7) is 0.289. The van der Waals surface area contributed by atoms with Gasteiger partial charge in [0.2, 0.25) is 0 Å². The third-order valence-corrected chi connectivity index (χ3v) is 5.40. The second kappa shape index (κ2) is 9.43. The number of carbonyl (C=O) groups is 1. The predicted molar refractivity (Wildman–Crippen MR) is 123 cm³/mol. The highest BCUT2D eigenvalue weighted by molar-refractivity contribution is 5.89. The molecule has 0 saturated carbocycles. The van der Waals surface area contributed by atoms with Crippen LogP contribution < -0.4 is 20.1 Å². The Bertz CT molecular complexity index is 1240. The Morgan fingerprint density at radius 3 is 2.53 bits per heavy atom. The van der Waals surface area contributed by atoms with Crippen LogP contribution in [0.1, 0.15) is 17.0 Å². The van der Waals surface area contributed by atoms with E-state index in [2.05, 4.69) is 15.6 Å². The summed E-state index contributed by atoms with van der Waals surface area (Å²) in [6.07, 6.45) is 1.95. The fourth-order valence-electron chi connectivity index (χ4n) is 3.78. The number of para-hydroxylation sites is 2. The first-order chi connectivity index (χ1) is 15.6. The van der Waals surface area contributed by atoms with Gasteiger partial charge in [-0.2, -0.15) is 0 Å². The first-order valence-corrected chi connectivity index (χ1v) is 10.2. The van der Waals surface area contributed by atoms with Crippen molar-refractivity contribution < 1.29 is 18.7 Å². The lowest BCUT2D eigenvalue weighted by molar-refractivity contribution is 0.251. The minimum Gasteiger partial charge on any atom is -0.493 e. The Morgan fingerprint density at radius 2 is 1.75 bits per heavy atom. The number of anilines is 1. The van der Waals surface area contributed by atoms with Gasteiger partial charge in [-0.05, 0) is 41.5 Å². The molecule has 0 saturated heterocycles. The summed E-state index contributed by atoms with van der Waals surface area (Å²) in [5.74, 6) is 0.554. The van der Waals surface area contributed by atoms with Crippen LogP contribution in [-0.4, -0.2) is 31.8 Å². The Hall–Kier alpha value is -4.00. The van der Waals surface area contributed by atoms with Crippen molar-refractivity contribution in [1.29, 1.82) is 0 Å². The van der Waals surface area contributed by atoms with Crippen LogP contribution in [0.3, 0.4) is 0 Å². The third kappa shape index (κ3) is 4.37. The number of nitrogens with one attached hydrogen (secondary N) is 3. The fourth-order valence-corrected chi connectivity index (χ4v) is 3.78. The Labute approximate surface area is 185 Å². The quantitative estimate of drug-likeness (QED) is 0.371. The number of hydrogen-bond donors (Lipinski definition) is 3. The van der Waals surface area contributed by atoms with Gasteiger partial charge < -0.3 is 25.1 Å². The van der Waals surface area contributed by atoms with Crippen LogP contribution in [0.4, 0.5) is 14.9 Å². The van der Waals surface area contributed by atoms with Crippen molar-refractivity contribution in [3.05, 3.63) is 89.9 Å². The van der Waals surface area contributed by atoms with Crippen molar-refractivity contribution in [2.75, 3.05) is 26.1 Å². The molecule has 0 unspecified atom stereocenters. The second-order valence-electron chi connectivity index (χ2n) is 7.27. The van der Waals surface area contributed by atoms with E-state index in [0.717, 1.165) is 22.0 Å². The summed E-state index contributed by atoms with van der Waals surface area (Å²) < 4.78 is 24.7. The average molecular weight is 433 g/mol. The predicted octanol–water partition coefficient (Wildman–Crippen LogP) is 5.28. The first kappa shape index (κ1) is 21.2. The molecule has 0 spiro atoms. The maximum absolute atomic E-state index is 13.9. The van der Waals surface area contributed by atoms with E-state index in [1.54, 1.807) is 26.4 Å². The molecular weight excluding hydrogens is 409 g/mol. The number of halogens is 1. The summed E-state index contributed by atoms with van der Waals surface area (Å²) in [5, 5.41) is 6.49. The minimum absolute atomic E-state index is 0.125. The number of methoxy groups -OCH3 is 2. The molecule has 32 heavy (non-hydrogen) atoms. The Kier molecular flexibility index (Phi) is 6.26. The Balaban J connectivity index is 1.64. The van der Waals surface area contributed by atoms with Crippen molar-refractivity contribution in [1.82, 2.24) is 10.3 Å². The van der Waals surface area contributed by atoms with Gasteiger partial charge in [-0.25, -0.2) is 9.18 Å². The molecule has 6 nitrogen and oxygen atoms in total. The van der Waals surface area contributed by atoms with Crippen LogP contribution in [0.15, 0.2) is 72.9 Å². The molecule has 0 aliphatic rings. The van der Waals surface area contributed by atoms with Crippen LogP contribution in [-0.2, 0) is 0 Å². The lowest BCUT2D eigenvalue weighted by Gasteiger charge is -2.20. The number of benzene rings is 3. The monoisotopic (exact) mass is 433 g/mol. The lowest BCUT2D eigenvalue weighted by atomic mass is 9.90. The normalized spacial score (nSPS) is 11.7. The standard InChI is InChI=1S/C25H24FN3O3/c1-31-23-12-11-16(13-24(23)32-2)18(19-15-27-21-9-5-3-7-17(19)21)14-28-25(30)29-22-10-6-4-8-20(22)26/h3-13,15,18,27H,14H2,1-2H3,(H2,28,29,30)/t18-/m1/s1. The van der Waals surface area contributed by atoms with E-state index in [-0.39, 0.29) is 18.2 Å². The number of rotatable bonds is 7. The van der Waals surface area contributed by atoms with Crippen LogP contribution in [0, 0.1) is 5.82 Å². The molecule has 1 atom stereocenters. The van der Waals surface area contributed by atoms with Crippen LogP contribution in [0.5, 0.6) is 11.5 Å². The van der Waals surface area contributed by atoms with Crippen molar-refractivity contribution in [2.45, 2.75) is 5.92 Å². The molecule has 1 aromatic heterocycles. The van der Waals surface area contributed by atoms with Gasteiger partial charge in [-0.3, -0.25) is 0 Å². The zero-order chi connectivity index (χ0) is 22.5. The van der Waals surface area contributed by atoms with E-state index >= 15 is 0 Å². The van der Waals surface area contributed by atoms with E-state index < -0.39 is 11.8 Å². The van der Waals surface area contributed by atoms with Gasteiger partial charge in [-0.15, -0.1) is 0 Å². The maximum Gasteiger partial charge on any atom is 0.319 e. The SMILES string of the molecule is COc1ccc([C@@H](CNC(=O)Nc2ccccc2F)c2c[nH]c3ccccc23)cc1OC. The minimum atomic E-state index is -0.490. The molecule has 7 heteroatoms. The van der Waals surface area contributed by atoms with Crippen molar-refractivity contribution in [3.63, 3.8) is 0 Å². The number of carbonyl (C=O) groups excluding carboxylic acids is 1. The number of amides is 2. The molecule has 164 valence electrons. The third-order valence-electron chi connectivity index (χ3n) is 5.40. The molecule has 1 heterocycles. The molecule has 3 aromatic carbocycles. The molecule has 0 bridgehead atoms. The highest BCUT2D eigenvalue weighted by Crippen LogP contribution is 2.35. The zero-order valence-electron chi connectivity index (χ0n) is 17.8. The summed E-state index contributed by atoms with van der Waals surface area (Å²) in [7, 11) is 3.17. The van der Waals surface area contributed by atoms with Crippen molar-refractivity contribution in [3.8, 4) is 11.5 Å². The van der Waals surface area contributed by atoms with Gasteiger partial charge in [0.15, 0.2) is 11.5 Å². The van der Waals surface area contributed by atoms with Gasteiger partial charge in [0.05, 0.1) is 19.9 Å². The number of H-pyrrole nitrogens is 1. The highest BCUT2D eigenvalue weighted by atomic mass is 19.1. The maximum atomic E-state index is 13.9. The smallest absolute Gasteiger partial charge is 0.319 e. The van der Waals surface area contributed by atoms with Gasteiger partial charge in [-0.1, -0.05) is 36.4 Å². The molecule has 0 fully saturated rings. The zero-order valence-corrected chi connectivity index (χ0v) is 17.8. The summed E-state index contributed by atoms with van der Waals surface area (Å²) in [5.41, 5.74) is 3.10. The molecule has 0 radical (unpaired) electrons. The number of aromatic nitrogens is 1. The number of fused-ring (bicyclic) bond motifs is 1. The molecular formula is C25H24FN3O3. The molecule has 2 amide bonds. The van der Waals surface area contributed by atoms with E-state index in [0.29, 0.717) is 11.5 Å². The molecule has 4 aromatic rings. The van der Waals surface area contributed by atoms with Gasteiger partial charge >= 0.3 is 6.03 Å². The van der Waals surface area contributed by atoms with Crippen LogP contribution >= 0.6 is 0 Å². The van der Waals surface area contributed by atoms with Crippen molar-refractivity contribution >= 4 is 22.6 Å². The van der Waals surface area contributed by atoms with E-state index in [1.807, 2.05) is 48.7 Å². The lowest BCUT2D eigenvalue weighted by Crippen LogP contribution is -2.33. The summed E-state index contributed by atoms with van der Waals surface area (Å²) in [4.78, 5) is 15.8. The Morgan fingerprint density at radius 1 is 1.00 bits per heavy atom. The molecule has 0 aliphatic carbocycles. The average Bonchev–Trinajstić information content (AvgIpc) is 3.24.